The van der Waals surface area contributed by atoms with Crippen LogP contribution >= 0.6 is 0 Å². The van der Waals surface area contributed by atoms with Crippen molar-refractivity contribution >= 4 is 21.5 Å². The maximum absolute atomic E-state index is 7.00. The molecule has 0 saturated heterocycles. The monoisotopic (exact) mass is 387 g/mol. The fraction of sp³-hybridized carbons (Fsp3) is 0.0526. The first-order valence-corrected chi connectivity index (χ1v) is 6.59. The summed E-state index contributed by atoms with van der Waals surface area (Å²) in [6.07, 6.45) is 0. The van der Waals surface area contributed by atoms with Gasteiger partial charge in [0.2, 0.25) is 0 Å². The number of benzene rings is 2. The molecule has 0 aromatic heterocycles. The van der Waals surface area contributed by atoms with E-state index in [9.17, 15) is 0 Å². The van der Waals surface area contributed by atoms with Crippen LogP contribution in [0.25, 0.3) is 21.5 Å². The molecule has 1 nitrogen and oxygen atoms in total. The molecule has 0 aliphatic carbocycles. The molecule has 22 heavy (non-hydrogen) atoms. The quantitative estimate of drug-likeness (QED) is 0.455. The van der Waals surface area contributed by atoms with Crippen LogP contribution in [0, 0.1) is 0 Å². The van der Waals surface area contributed by atoms with Crippen LogP contribution in [0.3, 0.4) is 0 Å². The van der Waals surface area contributed by atoms with Crippen molar-refractivity contribution in [2.45, 2.75) is 0 Å². The summed E-state index contributed by atoms with van der Waals surface area (Å²) in [6.45, 7) is 0. The third kappa shape index (κ3) is 5.53. The summed E-state index contributed by atoms with van der Waals surface area (Å²) in [7, 11) is 1.00. The van der Waals surface area contributed by atoms with Gasteiger partial charge in [0.15, 0.2) is 0 Å². The van der Waals surface area contributed by atoms with Crippen molar-refractivity contribution < 1.29 is 43.7 Å². The molecule has 0 unspecified atom stereocenters. The molecule has 4 aromatic rings. The summed E-state index contributed by atoms with van der Waals surface area (Å²) in [5, 5.41) is 12.3. The first-order chi connectivity index (χ1) is 9.93. The smallest absolute Gasteiger partial charge is 1.00 e. The third-order valence-electron chi connectivity index (χ3n) is 3.10. The van der Waals surface area contributed by atoms with Crippen LogP contribution in [0.5, 0.6) is 0 Å². The van der Waals surface area contributed by atoms with Gasteiger partial charge in [0.05, 0.1) is 0 Å². The second-order valence-corrected chi connectivity index (χ2v) is 4.31. The summed E-state index contributed by atoms with van der Waals surface area (Å²) in [6, 6.07) is 29.3. The van der Waals surface area contributed by atoms with Crippen LogP contribution in [0.15, 0.2) is 84.9 Å². The molecule has 0 spiro atoms. The molecule has 3 heteroatoms. The van der Waals surface area contributed by atoms with E-state index in [4.69, 9.17) is 5.11 Å². The van der Waals surface area contributed by atoms with Crippen LogP contribution in [0.1, 0.15) is 0 Å². The number of hydrogen-bond acceptors (Lipinski definition) is 1. The second kappa shape index (κ2) is 11.4. The standard InChI is InChI=1S/2C9H7.CH4O.ClH.Zr/c2*1-2-5-9-7-3-6-8(9)4-1;1-2;;/h2*1-7H;2H,1H3;1H;/q2*-1;;;+3/p-1. The summed E-state index contributed by atoms with van der Waals surface area (Å²) in [5.41, 5.74) is 0. The van der Waals surface area contributed by atoms with Crippen LogP contribution in [0.4, 0.5) is 0 Å². The molecule has 0 bridgehead atoms. The van der Waals surface area contributed by atoms with E-state index in [1.807, 2.05) is 0 Å². The zero-order chi connectivity index (χ0) is 14.2. The number of aliphatic hydroxyl groups excluding tert-OH is 1. The fourth-order valence-electron chi connectivity index (χ4n) is 2.14. The van der Waals surface area contributed by atoms with Crippen LogP contribution in [-0.4, -0.2) is 12.2 Å². The zero-order valence-corrected chi connectivity index (χ0v) is 15.6. The van der Waals surface area contributed by atoms with Gasteiger partial charge >= 0.3 is 26.2 Å². The molecule has 1 N–H and O–H groups in total. The molecule has 111 valence electrons. The van der Waals surface area contributed by atoms with Gasteiger partial charge in [-0.15, -0.1) is 59.3 Å². The minimum atomic E-state index is 0. The van der Waals surface area contributed by atoms with E-state index in [0.717, 1.165) is 7.11 Å². The Bertz CT molecular complexity index is 631. The van der Waals surface area contributed by atoms with Crippen molar-refractivity contribution in [3.63, 3.8) is 0 Å². The molecular formula is C19H18ClOZr. The molecule has 0 heterocycles. The van der Waals surface area contributed by atoms with E-state index in [-0.39, 0.29) is 38.6 Å². The Hall–Kier alpha value is -1.21. The Morgan fingerprint density at radius 2 is 1.00 bits per heavy atom. The van der Waals surface area contributed by atoms with Gasteiger partial charge in [-0.2, -0.15) is 35.0 Å². The fourth-order valence-corrected chi connectivity index (χ4v) is 2.14. The van der Waals surface area contributed by atoms with E-state index >= 15 is 0 Å². The maximum Gasteiger partial charge on any atom is 3.00 e. The Kier molecular flexibility index (Phi) is 10.7. The number of rotatable bonds is 0. The predicted molar refractivity (Wildman–Crippen MR) is 87.2 cm³/mol. The molecule has 0 aliphatic rings. The molecule has 1 radical (unpaired) electrons. The summed E-state index contributed by atoms with van der Waals surface area (Å²) >= 11 is 0. The number of fused-ring (bicyclic) bond motifs is 2. The van der Waals surface area contributed by atoms with Crippen molar-refractivity contribution in [2.24, 2.45) is 0 Å². The van der Waals surface area contributed by atoms with Gasteiger partial charge in [-0.3, -0.25) is 0 Å². The Balaban J connectivity index is 0.000000334. The van der Waals surface area contributed by atoms with Gasteiger partial charge in [-0.1, -0.05) is 12.1 Å². The summed E-state index contributed by atoms with van der Waals surface area (Å²) in [5.74, 6) is 0. The van der Waals surface area contributed by atoms with Crippen LogP contribution < -0.4 is 12.4 Å². The molecule has 4 aromatic carbocycles. The van der Waals surface area contributed by atoms with Gasteiger partial charge in [-0.05, 0) is 0 Å². The molecule has 0 atom stereocenters. The number of hydrogen-bond donors (Lipinski definition) is 1. The minimum Gasteiger partial charge on any atom is -1.00 e. The van der Waals surface area contributed by atoms with E-state index < -0.39 is 0 Å². The second-order valence-electron chi connectivity index (χ2n) is 4.31. The number of aliphatic hydroxyl groups is 1. The molecule has 0 amide bonds. The average Bonchev–Trinajstić information content (AvgIpc) is 3.18. The largest absolute Gasteiger partial charge is 3.00 e. The maximum atomic E-state index is 7.00. The van der Waals surface area contributed by atoms with E-state index in [1.165, 1.54) is 21.5 Å². The molecule has 0 saturated carbocycles. The topological polar surface area (TPSA) is 20.2 Å². The first-order valence-electron chi connectivity index (χ1n) is 6.59. The van der Waals surface area contributed by atoms with Crippen molar-refractivity contribution in [2.75, 3.05) is 7.11 Å². The van der Waals surface area contributed by atoms with Gasteiger partial charge < -0.3 is 17.5 Å². The van der Waals surface area contributed by atoms with Crippen molar-refractivity contribution in [3.05, 3.63) is 84.9 Å². The zero-order valence-electron chi connectivity index (χ0n) is 12.4. The van der Waals surface area contributed by atoms with Gasteiger partial charge in [-0.25, -0.2) is 0 Å². The minimum absolute atomic E-state index is 0. The van der Waals surface area contributed by atoms with Crippen molar-refractivity contribution in [3.8, 4) is 0 Å². The molecule has 0 fully saturated rings. The third-order valence-corrected chi connectivity index (χ3v) is 3.10. The SMILES string of the molecule is CO.[Cl-].[Zr+3].c1ccc2[cH-]ccc2c1.c1ccc2[cH-]ccc2c1. The normalized spacial score (nSPS) is 8.64. The van der Waals surface area contributed by atoms with Gasteiger partial charge in [0, 0.05) is 7.11 Å². The summed E-state index contributed by atoms with van der Waals surface area (Å²) in [4.78, 5) is 0. The molecule has 4 rings (SSSR count). The Morgan fingerprint density at radius 1 is 0.636 bits per heavy atom. The Morgan fingerprint density at radius 3 is 1.36 bits per heavy atom. The first kappa shape index (κ1) is 20.8. The van der Waals surface area contributed by atoms with Crippen molar-refractivity contribution in [1.29, 1.82) is 0 Å². The van der Waals surface area contributed by atoms with E-state index in [1.54, 1.807) is 0 Å². The molecular weight excluding hydrogens is 371 g/mol. The summed E-state index contributed by atoms with van der Waals surface area (Å²) < 4.78 is 0. The average molecular weight is 389 g/mol. The van der Waals surface area contributed by atoms with Crippen LogP contribution in [0.2, 0.25) is 0 Å². The van der Waals surface area contributed by atoms with E-state index in [0.29, 0.717) is 0 Å². The van der Waals surface area contributed by atoms with Gasteiger partial charge in [0.1, 0.15) is 0 Å². The van der Waals surface area contributed by atoms with Crippen LogP contribution in [-0.2, 0) is 26.2 Å². The predicted octanol–water partition coefficient (Wildman–Crippen LogP) is 1.73. The molecule has 0 aliphatic heterocycles. The van der Waals surface area contributed by atoms with E-state index in [2.05, 4.69) is 84.9 Å². The van der Waals surface area contributed by atoms with Gasteiger partial charge in [0.25, 0.3) is 0 Å². The van der Waals surface area contributed by atoms with Crippen molar-refractivity contribution in [1.82, 2.24) is 0 Å². The number of halogens is 1. The Labute approximate surface area is 156 Å².